The molecule has 2 aromatic carbocycles. The van der Waals surface area contributed by atoms with Gasteiger partial charge in [-0.15, -0.1) is 0 Å². The van der Waals surface area contributed by atoms with E-state index in [1.807, 2.05) is 19.1 Å². The second kappa shape index (κ2) is 10.1. The Morgan fingerprint density at radius 2 is 1.69 bits per heavy atom. The molecule has 0 aromatic heterocycles. The fourth-order valence-corrected chi connectivity index (χ4v) is 4.69. The maximum atomic E-state index is 13.3. The van der Waals surface area contributed by atoms with E-state index in [0.717, 1.165) is 16.7 Å². The fraction of sp³-hybridized carbons (Fsp3) is 0.538. The Hall–Kier alpha value is -2.17. The summed E-state index contributed by atoms with van der Waals surface area (Å²) in [6.07, 6.45) is -9.17. The summed E-state index contributed by atoms with van der Waals surface area (Å²) >= 11 is 0. The van der Waals surface area contributed by atoms with Gasteiger partial charge in [-0.05, 0) is 60.6 Å². The third kappa shape index (κ3) is 5.20. The van der Waals surface area contributed by atoms with Crippen LogP contribution in [0, 0.1) is 12.3 Å². The molecule has 1 saturated carbocycles. The van der Waals surface area contributed by atoms with E-state index in [-0.39, 0.29) is 19.4 Å². The van der Waals surface area contributed by atoms with Gasteiger partial charge in [0.05, 0.1) is 12.0 Å². The van der Waals surface area contributed by atoms with E-state index in [1.54, 1.807) is 30.3 Å². The van der Waals surface area contributed by atoms with Crippen LogP contribution in [0.4, 0.5) is 13.2 Å². The molecule has 1 saturated heterocycles. The lowest BCUT2D eigenvalue weighted by Crippen LogP contribution is -2.55. The number of hydrogen-bond acceptors (Lipinski definition) is 6. The van der Waals surface area contributed by atoms with E-state index in [2.05, 4.69) is 0 Å². The molecular weight excluding hydrogens is 465 g/mol. The minimum absolute atomic E-state index is 0.0959. The van der Waals surface area contributed by atoms with Gasteiger partial charge in [0, 0.05) is 0 Å². The molecule has 0 radical (unpaired) electrons. The standard InChI is InChI=1S/C26H31F3O6/c1-15-3-6-17(24-23(33)22(32)21(31)20(13-30)35-24)12-18(15)11-16-4-7-19(8-5-16)34-14-25(9-2-10-25)26(27,28)29/h3-8,12,20-24,30-33H,2,9-11,13-14H2,1H3/t20-,21-,22+,23-,24+/m1/s1. The van der Waals surface area contributed by atoms with Crippen molar-refractivity contribution in [1.29, 1.82) is 0 Å². The molecule has 0 unspecified atom stereocenters. The summed E-state index contributed by atoms with van der Waals surface area (Å²) in [6, 6.07) is 12.4. The van der Waals surface area contributed by atoms with Crippen LogP contribution < -0.4 is 4.74 Å². The lowest BCUT2D eigenvalue weighted by Gasteiger charge is -2.42. The number of benzene rings is 2. The van der Waals surface area contributed by atoms with Crippen molar-refractivity contribution in [2.45, 2.75) is 69.3 Å². The minimum Gasteiger partial charge on any atom is -0.493 e. The number of aliphatic hydroxyl groups excluding tert-OH is 4. The van der Waals surface area contributed by atoms with Crippen molar-refractivity contribution in [3.8, 4) is 5.75 Å². The molecule has 1 heterocycles. The van der Waals surface area contributed by atoms with Crippen molar-refractivity contribution in [3.05, 3.63) is 64.7 Å². The Morgan fingerprint density at radius 1 is 1.00 bits per heavy atom. The molecule has 1 aliphatic heterocycles. The number of alkyl halides is 3. The van der Waals surface area contributed by atoms with Crippen LogP contribution in [0.15, 0.2) is 42.5 Å². The Bertz CT molecular complexity index is 1000. The summed E-state index contributed by atoms with van der Waals surface area (Å²) in [4.78, 5) is 0. The van der Waals surface area contributed by atoms with Gasteiger partial charge in [-0.3, -0.25) is 0 Å². The largest absolute Gasteiger partial charge is 0.493 e. The maximum absolute atomic E-state index is 13.3. The zero-order chi connectivity index (χ0) is 25.4. The average Bonchev–Trinajstić information content (AvgIpc) is 2.79. The van der Waals surface area contributed by atoms with Gasteiger partial charge in [0.25, 0.3) is 0 Å². The smallest absolute Gasteiger partial charge is 0.397 e. The van der Waals surface area contributed by atoms with Crippen LogP contribution in [-0.2, 0) is 11.2 Å². The van der Waals surface area contributed by atoms with Gasteiger partial charge in [0.2, 0.25) is 0 Å². The summed E-state index contributed by atoms with van der Waals surface area (Å²) in [5.74, 6) is 0.385. The van der Waals surface area contributed by atoms with Gasteiger partial charge in [0.1, 0.15) is 42.9 Å². The molecular formula is C26H31F3O6. The number of hydrogen-bond donors (Lipinski definition) is 4. The topological polar surface area (TPSA) is 99.4 Å². The van der Waals surface area contributed by atoms with Crippen molar-refractivity contribution in [2.24, 2.45) is 5.41 Å². The SMILES string of the molecule is Cc1ccc([C@@H]2O[C@H](CO)[C@@H](O)[C@H](O)[C@H]2O)cc1Cc1ccc(OCC2(C(F)(F)F)CCC2)cc1. The predicted molar refractivity (Wildman–Crippen MR) is 121 cm³/mol. The van der Waals surface area contributed by atoms with E-state index < -0.39 is 48.7 Å². The van der Waals surface area contributed by atoms with E-state index in [9.17, 15) is 33.6 Å². The highest BCUT2D eigenvalue weighted by Gasteiger charge is 2.58. The van der Waals surface area contributed by atoms with Gasteiger partial charge in [-0.25, -0.2) is 0 Å². The third-order valence-corrected chi connectivity index (χ3v) is 7.34. The first-order chi connectivity index (χ1) is 16.5. The number of ether oxygens (including phenoxy) is 2. The van der Waals surface area contributed by atoms with Gasteiger partial charge >= 0.3 is 6.18 Å². The van der Waals surface area contributed by atoms with Gasteiger partial charge in [0.15, 0.2) is 0 Å². The molecule has 0 bridgehead atoms. The molecule has 1 aliphatic carbocycles. The van der Waals surface area contributed by atoms with Crippen molar-refractivity contribution in [3.63, 3.8) is 0 Å². The minimum atomic E-state index is -4.27. The van der Waals surface area contributed by atoms with E-state index in [4.69, 9.17) is 9.47 Å². The molecule has 192 valence electrons. The van der Waals surface area contributed by atoms with Crippen molar-refractivity contribution in [2.75, 3.05) is 13.2 Å². The zero-order valence-corrected chi connectivity index (χ0v) is 19.4. The molecule has 6 nitrogen and oxygen atoms in total. The van der Waals surface area contributed by atoms with Crippen LogP contribution in [0.25, 0.3) is 0 Å². The molecule has 4 N–H and O–H groups in total. The Kier molecular flexibility index (Phi) is 7.45. The summed E-state index contributed by atoms with van der Waals surface area (Å²) in [5, 5.41) is 40.0. The first kappa shape index (κ1) is 25.9. The van der Waals surface area contributed by atoms with Crippen LogP contribution in [-0.4, -0.2) is 64.2 Å². The summed E-state index contributed by atoms with van der Waals surface area (Å²) in [6.45, 7) is 1.05. The number of halogens is 3. The average molecular weight is 497 g/mol. The maximum Gasteiger partial charge on any atom is 0.397 e. The number of rotatable bonds is 7. The molecule has 2 fully saturated rings. The summed E-state index contributed by atoms with van der Waals surface area (Å²) in [7, 11) is 0. The Labute approximate surface area is 201 Å². The van der Waals surface area contributed by atoms with Gasteiger partial charge < -0.3 is 29.9 Å². The van der Waals surface area contributed by atoms with Crippen LogP contribution in [0.1, 0.15) is 47.6 Å². The molecule has 5 atom stereocenters. The van der Waals surface area contributed by atoms with E-state index in [1.165, 1.54) is 0 Å². The lowest BCUT2D eigenvalue weighted by atomic mass is 9.69. The highest BCUT2D eigenvalue weighted by Crippen LogP contribution is 2.53. The molecule has 9 heteroatoms. The summed E-state index contributed by atoms with van der Waals surface area (Å²) in [5.41, 5.74) is 1.68. The highest BCUT2D eigenvalue weighted by atomic mass is 19.4. The molecule has 4 rings (SSSR count). The first-order valence-corrected chi connectivity index (χ1v) is 11.7. The number of aryl methyl sites for hydroxylation is 1. The van der Waals surface area contributed by atoms with Crippen molar-refractivity contribution >= 4 is 0 Å². The van der Waals surface area contributed by atoms with Crippen molar-refractivity contribution in [1.82, 2.24) is 0 Å². The third-order valence-electron chi connectivity index (χ3n) is 7.34. The monoisotopic (exact) mass is 496 g/mol. The Morgan fingerprint density at radius 3 is 2.26 bits per heavy atom. The van der Waals surface area contributed by atoms with E-state index >= 15 is 0 Å². The second-order valence-electron chi connectivity index (χ2n) is 9.68. The second-order valence-corrected chi connectivity index (χ2v) is 9.68. The molecule has 35 heavy (non-hydrogen) atoms. The normalized spacial score (nSPS) is 28.4. The van der Waals surface area contributed by atoms with Gasteiger partial charge in [-0.2, -0.15) is 13.2 Å². The number of aliphatic hydroxyl groups is 4. The predicted octanol–water partition coefficient (Wildman–Crippen LogP) is 3.21. The summed E-state index contributed by atoms with van der Waals surface area (Å²) < 4.78 is 51.2. The Balaban J connectivity index is 1.44. The molecule has 2 aliphatic rings. The van der Waals surface area contributed by atoms with Crippen molar-refractivity contribution < 1.29 is 43.1 Å². The van der Waals surface area contributed by atoms with Crippen LogP contribution in [0.3, 0.4) is 0 Å². The lowest BCUT2D eigenvalue weighted by molar-refractivity contribution is -0.259. The van der Waals surface area contributed by atoms with Crippen LogP contribution in [0.2, 0.25) is 0 Å². The zero-order valence-electron chi connectivity index (χ0n) is 19.4. The first-order valence-electron chi connectivity index (χ1n) is 11.7. The van der Waals surface area contributed by atoms with E-state index in [0.29, 0.717) is 24.2 Å². The highest BCUT2D eigenvalue weighted by molar-refractivity contribution is 5.38. The van der Waals surface area contributed by atoms with Crippen LogP contribution in [0.5, 0.6) is 5.75 Å². The quantitative estimate of drug-likeness (QED) is 0.470. The fourth-order valence-electron chi connectivity index (χ4n) is 4.69. The molecule has 2 aromatic rings. The molecule has 0 spiro atoms. The molecule has 0 amide bonds. The van der Waals surface area contributed by atoms with Crippen LogP contribution >= 0.6 is 0 Å². The van der Waals surface area contributed by atoms with Gasteiger partial charge in [-0.1, -0.05) is 36.8 Å².